The maximum atomic E-state index is 11.4. The van der Waals surface area contributed by atoms with Crippen molar-refractivity contribution >= 4 is 11.7 Å². The Balaban J connectivity index is 2.12. The van der Waals surface area contributed by atoms with E-state index < -0.39 is 0 Å². The highest BCUT2D eigenvalue weighted by molar-refractivity contribution is 5.81. The molecule has 0 aromatic carbocycles. The van der Waals surface area contributed by atoms with Crippen LogP contribution >= 0.6 is 0 Å². The van der Waals surface area contributed by atoms with Crippen LogP contribution in [0.2, 0.25) is 0 Å². The van der Waals surface area contributed by atoms with Gasteiger partial charge in [0.15, 0.2) is 0 Å². The standard InChI is InChI=1S/C12H18N4O/c1-9(13)10-3-4-11(15-7-10)16-6-2-5-14-12(17)8-16/h3-4,7,9H,2,5-6,8,13H2,1H3,(H,14,17). The van der Waals surface area contributed by atoms with E-state index in [4.69, 9.17) is 5.73 Å². The average molecular weight is 234 g/mol. The largest absolute Gasteiger partial charge is 0.354 e. The molecule has 5 heteroatoms. The van der Waals surface area contributed by atoms with Gasteiger partial charge in [-0.05, 0) is 25.0 Å². The molecule has 1 aromatic rings. The van der Waals surface area contributed by atoms with Crippen LogP contribution in [-0.2, 0) is 4.79 Å². The summed E-state index contributed by atoms with van der Waals surface area (Å²) in [5, 5.41) is 2.85. The molecular weight excluding hydrogens is 216 g/mol. The monoisotopic (exact) mass is 234 g/mol. The molecule has 1 fully saturated rings. The lowest BCUT2D eigenvalue weighted by Crippen LogP contribution is -2.33. The SMILES string of the molecule is CC(N)c1ccc(N2CCCNC(=O)C2)nc1. The molecule has 0 radical (unpaired) electrons. The minimum atomic E-state index is -0.0102. The summed E-state index contributed by atoms with van der Waals surface area (Å²) in [6.07, 6.45) is 2.73. The van der Waals surface area contributed by atoms with Crippen LogP contribution < -0.4 is 16.0 Å². The van der Waals surface area contributed by atoms with E-state index in [1.54, 1.807) is 6.20 Å². The van der Waals surface area contributed by atoms with E-state index in [1.807, 2.05) is 24.0 Å². The van der Waals surface area contributed by atoms with Gasteiger partial charge in [0.1, 0.15) is 5.82 Å². The van der Waals surface area contributed by atoms with Crippen LogP contribution in [-0.4, -0.2) is 30.5 Å². The third-order valence-electron chi connectivity index (χ3n) is 2.88. The number of hydrogen-bond acceptors (Lipinski definition) is 4. The van der Waals surface area contributed by atoms with Crippen molar-refractivity contribution in [1.29, 1.82) is 0 Å². The van der Waals surface area contributed by atoms with Gasteiger partial charge in [-0.25, -0.2) is 4.98 Å². The number of rotatable bonds is 2. The van der Waals surface area contributed by atoms with E-state index in [9.17, 15) is 4.79 Å². The Bertz CT molecular complexity index is 388. The summed E-state index contributed by atoms with van der Waals surface area (Å²) in [5.41, 5.74) is 6.78. The third kappa shape index (κ3) is 2.94. The number of nitrogens with zero attached hydrogens (tertiary/aromatic N) is 2. The molecule has 1 amide bonds. The Kier molecular flexibility index (Phi) is 3.58. The fourth-order valence-corrected chi connectivity index (χ4v) is 1.86. The second kappa shape index (κ2) is 5.14. The summed E-state index contributed by atoms with van der Waals surface area (Å²) in [5.74, 6) is 0.895. The summed E-state index contributed by atoms with van der Waals surface area (Å²) in [7, 11) is 0. The lowest BCUT2D eigenvalue weighted by Gasteiger charge is -2.20. The molecule has 0 bridgehead atoms. The maximum absolute atomic E-state index is 11.4. The Morgan fingerprint density at radius 1 is 1.53 bits per heavy atom. The number of hydrogen-bond donors (Lipinski definition) is 2. The molecule has 17 heavy (non-hydrogen) atoms. The number of carbonyl (C=O) groups is 1. The first kappa shape index (κ1) is 11.9. The predicted octanol–water partition coefficient (Wildman–Crippen LogP) is 0.428. The Hall–Kier alpha value is -1.62. The third-order valence-corrected chi connectivity index (χ3v) is 2.88. The minimum absolute atomic E-state index is 0.0102. The summed E-state index contributed by atoms with van der Waals surface area (Å²) in [6, 6.07) is 3.89. The number of pyridine rings is 1. The summed E-state index contributed by atoms with van der Waals surface area (Å²) < 4.78 is 0. The van der Waals surface area contributed by atoms with Crippen molar-refractivity contribution in [2.45, 2.75) is 19.4 Å². The van der Waals surface area contributed by atoms with Crippen LogP contribution in [0.1, 0.15) is 24.9 Å². The predicted molar refractivity (Wildman–Crippen MR) is 66.7 cm³/mol. The molecule has 1 unspecified atom stereocenters. The van der Waals surface area contributed by atoms with Crippen molar-refractivity contribution in [2.24, 2.45) is 5.73 Å². The summed E-state index contributed by atoms with van der Waals surface area (Å²) in [4.78, 5) is 17.8. The van der Waals surface area contributed by atoms with Gasteiger partial charge in [0.25, 0.3) is 0 Å². The zero-order chi connectivity index (χ0) is 12.3. The lowest BCUT2D eigenvalue weighted by atomic mass is 10.1. The van der Waals surface area contributed by atoms with Gasteiger partial charge in [0, 0.05) is 25.3 Å². The van der Waals surface area contributed by atoms with Gasteiger partial charge < -0.3 is 16.0 Å². The topological polar surface area (TPSA) is 71.2 Å². The van der Waals surface area contributed by atoms with Crippen molar-refractivity contribution in [2.75, 3.05) is 24.5 Å². The zero-order valence-corrected chi connectivity index (χ0v) is 10.0. The molecule has 0 saturated carbocycles. The molecule has 1 aliphatic rings. The van der Waals surface area contributed by atoms with Crippen LogP contribution in [0.25, 0.3) is 0 Å². The van der Waals surface area contributed by atoms with Gasteiger partial charge in [-0.2, -0.15) is 0 Å². The maximum Gasteiger partial charge on any atom is 0.239 e. The first-order valence-electron chi connectivity index (χ1n) is 5.90. The number of carbonyl (C=O) groups excluding carboxylic acids is 1. The van der Waals surface area contributed by atoms with Crippen LogP contribution in [0.15, 0.2) is 18.3 Å². The van der Waals surface area contributed by atoms with Crippen molar-refractivity contribution in [3.8, 4) is 0 Å². The molecule has 1 saturated heterocycles. The van der Waals surface area contributed by atoms with Crippen molar-refractivity contribution < 1.29 is 4.79 Å². The van der Waals surface area contributed by atoms with E-state index in [0.717, 1.165) is 30.9 Å². The van der Waals surface area contributed by atoms with E-state index in [-0.39, 0.29) is 11.9 Å². The number of nitrogens with two attached hydrogens (primary N) is 1. The Labute approximate surface area is 101 Å². The van der Waals surface area contributed by atoms with Crippen LogP contribution in [0.3, 0.4) is 0 Å². The second-order valence-corrected chi connectivity index (χ2v) is 4.36. The average Bonchev–Trinajstić information content (AvgIpc) is 2.54. The van der Waals surface area contributed by atoms with E-state index in [0.29, 0.717) is 6.54 Å². The molecule has 5 nitrogen and oxygen atoms in total. The van der Waals surface area contributed by atoms with Crippen LogP contribution in [0.4, 0.5) is 5.82 Å². The van der Waals surface area contributed by atoms with Gasteiger partial charge >= 0.3 is 0 Å². The number of aromatic nitrogens is 1. The summed E-state index contributed by atoms with van der Waals surface area (Å²) >= 11 is 0. The van der Waals surface area contributed by atoms with Crippen LogP contribution in [0, 0.1) is 0 Å². The minimum Gasteiger partial charge on any atom is -0.354 e. The fraction of sp³-hybridized carbons (Fsp3) is 0.500. The Morgan fingerprint density at radius 3 is 3.00 bits per heavy atom. The van der Waals surface area contributed by atoms with Gasteiger partial charge in [0.05, 0.1) is 6.54 Å². The summed E-state index contributed by atoms with van der Waals surface area (Å²) in [6.45, 7) is 3.90. The second-order valence-electron chi connectivity index (χ2n) is 4.36. The molecule has 0 aliphatic carbocycles. The zero-order valence-electron chi connectivity index (χ0n) is 10.0. The quantitative estimate of drug-likeness (QED) is 0.778. The van der Waals surface area contributed by atoms with Gasteiger partial charge in [0.2, 0.25) is 5.91 Å². The van der Waals surface area contributed by atoms with Crippen LogP contribution in [0.5, 0.6) is 0 Å². The molecule has 1 atom stereocenters. The lowest BCUT2D eigenvalue weighted by molar-refractivity contribution is -0.119. The normalized spacial score (nSPS) is 18.5. The highest BCUT2D eigenvalue weighted by atomic mass is 16.2. The van der Waals surface area contributed by atoms with Crippen molar-refractivity contribution in [1.82, 2.24) is 10.3 Å². The molecule has 0 spiro atoms. The molecule has 1 aromatic heterocycles. The molecule has 2 rings (SSSR count). The van der Waals surface area contributed by atoms with Crippen molar-refractivity contribution in [3.63, 3.8) is 0 Å². The smallest absolute Gasteiger partial charge is 0.239 e. The van der Waals surface area contributed by atoms with Crippen molar-refractivity contribution in [3.05, 3.63) is 23.9 Å². The van der Waals surface area contributed by atoms with E-state index in [1.165, 1.54) is 0 Å². The number of nitrogens with one attached hydrogen (secondary N) is 1. The van der Waals surface area contributed by atoms with Gasteiger partial charge in [-0.1, -0.05) is 6.07 Å². The molecular formula is C12H18N4O. The molecule has 92 valence electrons. The molecule has 3 N–H and O–H groups in total. The first-order valence-corrected chi connectivity index (χ1v) is 5.90. The van der Waals surface area contributed by atoms with Gasteiger partial charge in [-0.3, -0.25) is 4.79 Å². The fourth-order valence-electron chi connectivity index (χ4n) is 1.86. The number of amides is 1. The highest BCUT2D eigenvalue weighted by Gasteiger charge is 2.15. The van der Waals surface area contributed by atoms with E-state index in [2.05, 4.69) is 10.3 Å². The highest BCUT2D eigenvalue weighted by Crippen LogP contribution is 2.15. The molecule has 1 aliphatic heterocycles. The first-order chi connectivity index (χ1) is 8.16. The van der Waals surface area contributed by atoms with Gasteiger partial charge in [-0.15, -0.1) is 0 Å². The number of anilines is 1. The Morgan fingerprint density at radius 2 is 2.35 bits per heavy atom. The van der Waals surface area contributed by atoms with E-state index >= 15 is 0 Å². The molecule has 2 heterocycles.